The maximum Gasteiger partial charge on any atom is 0.322 e. The maximum atomic E-state index is 12.2. The quantitative estimate of drug-likeness (QED) is 0.770. The van der Waals surface area contributed by atoms with Crippen molar-refractivity contribution >= 4 is 11.9 Å². The zero-order valence-electron chi connectivity index (χ0n) is 14.0. The number of carbonyl (C=O) groups excluding carboxylic acids is 1. The summed E-state index contributed by atoms with van der Waals surface area (Å²) in [5, 5.41) is 18.8. The molecule has 3 rings (SSSR count). The van der Waals surface area contributed by atoms with Crippen molar-refractivity contribution in [1.82, 2.24) is 29.8 Å². The van der Waals surface area contributed by atoms with E-state index in [9.17, 15) is 4.79 Å². The van der Waals surface area contributed by atoms with Gasteiger partial charge in [0.25, 0.3) is 11.8 Å². The molecule has 9 heteroatoms. The molecule has 3 aromatic heterocycles. The van der Waals surface area contributed by atoms with E-state index in [1.807, 2.05) is 27.7 Å². The van der Waals surface area contributed by atoms with Crippen LogP contribution in [-0.4, -0.2) is 35.7 Å². The molecule has 1 N–H and O–H groups in total. The largest absolute Gasteiger partial charge is 0.401 e. The molecule has 0 aliphatic rings. The van der Waals surface area contributed by atoms with Gasteiger partial charge in [0.05, 0.1) is 0 Å². The highest BCUT2D eigenvalue weighted by Gasteiger charge is 2.18. The molecule has 0 unspecified atom stereocenters. The van der Waals surface area contributed by atoms with Gasteiger partial charge >= 0.3 is 6.01 Å². The summed E-state index contributed by atoms with van der Waals surface area (Å²) >= 11 is 0. The SMILES string of the molecule is CCn1nc(C(=O)Nc2nnc(-c3ccnn3C(C)C)o2)cc1C. The first-order chi connectivity index (χ1) is 11.5. The summed E-state index contributed by atoms with van der Waals surface area (Å²) in [7, 11) is 0. The number of aromatic nitrogens is 6. The molecule has 126 valence electrons. The Morgan fingerprint density at radius 1 is 1.38 bits per heavy atom. The number of carbonyl (C=O) groups is 1. The number of nitrogens with one attached hydrogen (secondary N) is 1. The van der Waals surface area contributed by atoms with E-state index in [1.165, 1.54) is 0 Å². The standard InChI is InChI=1S/C15H19N7O2/c1-5-21-10(4)8-11(20-21)13(23)17-15-19-18-14(24-15)12-6-7-16-22(12)9(2)3/h6-9H,5H2,1-4H3,(H,17,19,23). The van der Waals surface area contributed by atoms with Crippen molar-refractivity contribution in [3.8, 4) is 11.6 Å². The molecule has 0 saturated heterocycles. The molecule has 0 radical (unpaired) electrons. The summed E-state index contributed by atoms with van der Waals surface area (Å²) in [6.07, 6.45) is 1.66. The van der Waals surface area contributed by atoms with Crippen LogP contribution in [0.2, 0.25) is 0 Å². The second-order valence-electron chi connectivity index (χ2n) is 5.61. The third-order valence-corrected chi connectivity index (χ3v) is 3.54. The minimum Gasteiger partial charge on any atom is -0.401 e. The lowest BCUT2D eigenvalue weighted by Crippen LogP contribution is -2.13. The van der Waals surface area contributed by atoms with E-state index < -0.39 is 5.91 Å². The fourth-order valence-corrected chi connectivity index (χ4v) is 2.37. The number of rotatable bonds is 5. The molecule has 3 aromatic rings. The number of aryl methyl sites for hydroxylation is 2. The predicted molar refractivity (Wildman–Crippen MR) is 86.5 cm³/mol. The summed E-state index contributed by atoms with van der Waals surface area (Å²) in [5.41, 5.74) is 1.92. The van der Waals surface area contributed by atoms with Crippen molar-refractivity contribution in [1.29, 1.82) is 0 Å². The van der Waals surface area contributed by atoms with Gasteiger partial charge < -0.3 is 4.42 Å². The van der Waals surface area contributed by atoms with Crippen LogP contribution in [0, 0.1) is 6.92 Å². The first-order valence-electron chi connectivity index (χ1n) is 7.72. The van der Waals surface area contributed by atoms with Gasteiger partial charge in [0, 0.05) is 24.5 Å². The molecule has 0 saturated carbocycles. The van der Waals surface area contributed by atoms with Crippen LogP contribution in [0.3, 0.4) is 0 Å². The first kappa shape index (κ1) is 15.9. The second kappa shape index (κ2) is 6.26. The van der Waals surface area contributed by atoms with E-state index in [4.69, 9.17) is 4.42 Å². The van der Waals surface area contributed by atoms with Crippen molar-refractivity contribution in [3.63, 3.8) is 0 Å². The van der Waals surface area contributed by atoms with E-state index >= 15 is 0 Å². The number of anilines is 1. The van der Waals surface area contributed by atoms with Gasteiger partial charge in [0.15, 0.2) is 5.69 Å². The molecule has 0 atom stereocenters. The van der Waals surface area contributed by atoms with Crippen molar-refractivity contribution in [2.75, 3.05) is 5.32 Å². The Bertz CT molecular complexity index is 859. The molecule has 24 heavy (non-hydrogen) atoms. The summed E-state index contributed by atoms with van der Waals surface area (Å²) in [6, 6.07) is 3.67. The predicted octanol–water partition coefficient (Wildman–Crippen LogP) is 2.29. The van der Waals surface area contributed by atoms with Crippen LogP contribution in [0.15, 0.2) is 22.7 Å². The van der Waals surface area contributed by atoms with Gasteiger partial charge in [-0.05, 0) is 39.8 Å². The second-order valence-corrected chi connectivity index (χ2v) is 5.61. The topological polar surface area (TPSA) is 104 Å². The summed E-state index contributed by atoms with van der Waals surface area (Å²) in [6.45, 7) is 8.56. The number of amides is 1. The molecule has 0 bridgehead atoms. The Balaban J connectivity index is 1.78. The zero-order valence-corrected chi connectivity index (χ0v) is 14.0. The Hall–Kier alpha value is -2.97. The van der Waals surface area contributed by atoms with Gasteiger partial charge in [-0.1, -0.05) is 5.10 Å². The minimum absolute atomic E-state index is 0.0233. The van der Waals surface area contributed by atoms with Crippen LogP contribution in [0.5, 0.6) is 0 Å². The van der Waals surface area contributed by atoms with Crippen LogP contribution >= 0.6 is 0 Å². The fourth-order valence-electron chi connectivity index (χ4n) is 2.37. The van der Waals surface area contributed by atoms with Crippen molar-refractivity contribution < 1.29 is 9.21 Å². The normalized spacial score (nSPS) is 11.2. The van der Waals surface area contributed by atoms with Gasteiger partial charge in [-0.2, -0.15) is 10.2 Å². The Labute approximate surface area is 138 Å². The van der Waals surface area contributed by atoms with Crippen molar-refractivity contribution in [2.24, 2.45) is 0 Å². The molecule has 0 aliphatic heterocycles. The number of nitrogens with zero attached hydrogens (tertiary/aromatic N) is 6. The van der Waals surface area contributed by atoms with Crippen LogP contribution in [0.25, 0.3) is 11.6 Å². The molecular weight excluding hydrogens is 310 g/mol. The van der Waals surface area contributed by atoms with Gasteiger partial charge in [0.1, 0.15) is 5.69 Å². The summed E-state index contributed by atoms with van der Waals surface area (Å²) in [4.78, 5) is 12.2. The van der Waals surface area contributed by atoms with E-state index in [1.54, 1.807) is 27.7 Å². The van der Waals surface area contributed by atoms with Crippen LogP contribution in [0.1, 0.15) is 43.0 Å². The van der Waals surface area contributed by atoms with E-state index in [0.29, 0.717) is 23.8 Å². The minimum atomic E-state index is -0.391. The Morgan fingerprint density at radius 2 is 2.17 bits per heavy atom. The highest BCUT2D eigenvalue weighted by Crippen LogP contribution is 2.22. The Morgan fingerprint density at radius 3 is 2.83 bits per heavy atom. The third-order valence-electron chi connectivity index (χ3n) is 3.54. The number of hydrogen-bond acceptors (Lipinski definition) is 6. The molecule has 9 nitrogen and oxygen atoms in total. The maximum absolute atomic E-state index is 12.2. The average Bonchev–Trinajstić information content (AvgIpc) is 3.24. The molecule has 0 spiro atoms. The van der Waals surface area contributed by atoms with Crippen LogP contribution < -0.4 is 5.32 Å². The van der Waals surface area contributed by atoms with Gasteiger partial charge in [-0.25, -0.2) is 0 Å². The highest BCUT2D eigenvalue weighted by atomic mass is 16.4. The fraction of sp³-hybridized carbons (Fsp3) is 0.400. The van der Waals surface area contributed by atoms with Crippen molar-refractivity contribution in [2.45, 2.75) is 40.3 Å². The Kier molecular flexibility index (Phi) is 4.15. The molecule has 0 aliphatic carbocycles. The van der Waals surface area contributed by atoms with E-state index in [0.717, 1.165) is 5.69 Å². The zero-order chi connectivity index (χ0) is 17.3. The smallest absolute Gasteiger partial charge is 0.322 e. The van der Waals surface area contributed by atoms with Crippen LogP contribution in [-0.2, 0) is 6.54 Å². The average molecular weight is 329 g/mol. The first-order valence-corrected chi connectivity index (χ1v) is 7.72. The summed E-state index contributed by atoms with van der Waals surface area (Å²) < 4.78 is 9.04. The summed E-state index contributed by atoms with van der Waals surface area (Å²) in [5.74, 6) is -0.0929. The van der Waals surface area contributed by atoms with Gasteiger partial charge in [0.2, 0.25) is 0 Å². The van der Waals surface area contributed by atoms with Gasteiger partial charge in [-0.15, -0.1) is 5.10 Å². The lowest BCUT2D eigenvalue weighted by molar-refractivity contribution is 0.101. The molecule has 0 aromatic carbocycles. The van der Waals surface area contributed by atoms with Gasteiger partial charge in [-0.3, -0.25) is 19.5 Å². The van der Waals surface area contributed by atoms with E-state index in [2.05, 4.69) is 25.7 Å². The number of hydrogen-bond donors (Lipinski definition) is 1. The van der Waals surface area contributed by atoms with Crippen molar-refractivity contribution in [3.05, 3.63) is 29.7 Å². The lowest BCUT2D eigenvalue weighted by Gasteiger charge is -2.07. The van der Waals surface area contributed by atoms with E-state index in [-0.39, 0.29) is 12.1 Å². The molecular formula is C15H19N7O2. The molecule has 1 amide bonds. The monoisotopic (exact) mass is 329 g/mol. The third kappa shape index (κ3) is 2.92. The van der Waals surface area contributed by atoms with Crippen LogP contribution in [0.4, 0.5) is 6.01 Å². The molecule has 3 heterocycles. The highest BCUT2D eigenvalue weighted by molar-refractivity contribution is 6.01. The molecule has 0 fully saturated rings. The lowest BCUT2D eigenvalue weighted by atomic mass is 10.3.